The number of halogens is 1. The van der Waals surface area contributed by atoms with Gasteiger partial charge in [-0.15, -0.1) is 0 Å². The Bertz CT molecular complexity index is 629. The molecular formula is C19H26FN3O3. The summed E-state index contributed by atoms with van der Waals surface area (Å²) < 4.78 is 18.3. The average Bonchev–Trinajstić information content (AvgIpc) is 2.67. The molecule has 0 radical (unpaired) electrons. The number of piperazine rings is 1. The Balaban J connectivity index is 1.43. The SMILES string of the molecule is NC1CCCC(C(=O)N2CCN(C(=O)COc3ccc(F)cc3)CC2)C1. The third-order valence-corrected chi connectivity index (χ3v) is 5.18. The van der Waals surface area contributed by atoms with Crippen molar-refractivity contribution in [2.24, 2.45) is 11.7 Å². The largest absolute Gasteiger partial charge is 0.484 e. The van der Waals surface area contributed by atoms with E-state index < -0.39 is 0 Å². The zero-order chi connectivity index (χ0) is 18.5. The number of amides is 2. The van der Waals surface area contributed by atoms with Crippen molar-refractivity contribution in [2.45, 2.75) is 31.7 Å². The molecule has 1 aliphatic heterocycles. The van der Waals surface area contributed by atoms with Gasteiger partial charge < -0.3 is 20.3 Å². The lowest BCUT2D eigenvalue weighted by Gasteiger charge is -2.37. The van der Waals surface area contributed by atoms with Crippen molar-refractivity contribution in [2.75, 3.05) is 32.8 Å². The molecule has 1 aliphatic carbocycles. The number of carbonyl (C=O) groups excluding carboxylic acids is 2. The van der Waals surface area contributed by atoms with Crippen molar-refractivity contribution in [1.82, 2.24) is 9.80 Å². The lowest BCUT2D eigenvalue weighted by atomic mass is 9.85. The normalized spacial score (nSPS) is 23.6. The minimum Gasteiger partial charge on any atom is -0.484 e. The molecule has 1 aromatic rings. The maximum Gasteiger partial charge on any atom is 0.260 e. The van der Waals surface area contributed by atoms with E-state index in [0.29, 0.717) is 31.9 Å². The number of hydrogen-bond donors (Lipinski definition) is 1. The predicted molar refractivity (Wildman–Crippen MR) is 95.0 cm³/mol. The van der Waals surface area contributed by atoms with E-state index in [-0.39, 0.29) is 36.2 Å². The Morgan fingerprint density at radius 2 is 1.73 bits per heavy atom. The first-order valence-electron chi connectivity index (χ1n) is 9.23. The molecule has 0 bridgehead atoms. The van der Waals surface area contributed by atoms with Crippen molar-refractivity contribution in [3.8, 4) is 5.75 Å². The number of hydrogen-bond acceptors (Lipinski definition) is 4. The summed E-state index contributed by atoms with van der Waals surface area (Å²) in [7, 11) is 0. The molecule has 6 nitrogen and oxygen atoms in total. The number of nitrogens with two attached hydrogens (primary N) is 1. The molecule has 2 amide bonds. The van der Waals surface area contributed by atoms with E-state index in [4.69, 9.17) is 10.5 Å². The molecule has 1 heterocycles. The molecule has 2 N–H and O–H groups in total. The topological polar surface area (TPSA) is 75.9 Å². The summed E-state index contributed by atoms with van der Waals surface area (Å²) in [5.41, 5.74) is 5.99. The number of nitrogens with zero attached hydrogens (tertiary/aromatic N) is 2. The van der Waals surface area contributed by atoms with Crippen molar-refractivity contribution in [3.63, 3.8) is 0 Å². The highest BCUT2D eigenvalue weighted by Gasteiger charge is 2.31. The Morgan fingerprint density at radius 1 is 1.08 bits per heavy atom. The monoisotopic (exact) mass is 363 g/mol. The van der Waals surface area contributed by atoms with Gasteiger partial charge in [-0.3, -0.25) is 9.59 Å². The van der Waals surface area contributed by atoms with Crippen LogP contribution in [-0.4, -0.2) is 60.4 Å². The molecule has 142 valence electrons. The molecule has 2 unspecified atom stereocenters. The van der Waals surface area contributed by atoms with E-state index in [1.807, 2.05) is 4.90 Å². The van der Waals surface area contributed by atoms with Gasteiger partial charge in [-0.05, 0) is 43.5 Å². The molecule has 2 atom stereocenters. The standard InChI is InChI=1S/C19H26FN3O3/c20-15-4-6-17(7-5-15)26-13-18(24)22-8-10-23(11-9-22)19(25)14-2-1-3-16(21)12-14/h4-7,14,16H,1-3,8-13,21H2. The predicted octanol–water partition coefficient (Wildman–Crippen LogP) is 1.39. The molecule has 7 heteroatoms. The molecule has 2 fully saturated rings. The van der Waals surface area contributed by atoms with Crippen molar-refractivity contribution in [1.29, 1.82) is 0 Å². The summed E-state index contributed by atoms with van der Waals surface area (Å²) in [6.45, 7) is 2.03. The highest BCUT2D eigenvalue weighted by atomic mass is 19.1. The van der Waals surface area contributed by atoms with Gasteiger partial charge in [-0.25, -0.2) is 4.39 Å². The summed E-state index contributed by atoms with van der Waals surface area (Å²) in [6.07, 6.45) is 3.69. The first kappa shape index (κ1) is 18.6. The molecule has 0 spiro atoms. The van der Waals surface area contributed by atoms with Gasteiger partial charge in [-0.1, -0.05) is 6.42 Å². The third kappa shape index (κ3) is 4.72. The minimum atomic E-state index is -0.344. The van der Waals surface area contributed by atoms with Crippen LogP contribution in [-0.2, 0) is 9.59 Å². The highest BCUT2D eigenvalue weighted by Crippen LogP contribution is 2.25. The number of carbonyl (C=O) groups is 2. The second kappa shape index (κ2) is 8.49. The molecule has 26 heavy (non-hydrogen) atoms. The van der Waals surface area contributed by atoms with Gasteiger partial charge in [0.05, 0.1) is 0 Å². The lowest BCUT2D eigenvalue weighted by Crippen LogP contribution is -2.53. The number of benzene rings is 1. The van der Waals surface area contributed by atoms with Crippen LogP contribution in [0.2, 0.25) is 0 Å². The molecule has 2 aliphatic rings. The average molecular weight is 363 g/mol. The van der Waals surface area contributed by atoms with E-state index in [0.717, 1.165) is 25.7 Å². The van der Waals surface area contributed by atoms with E-state index in [1.165, 1.54) is 24.3 Å². The summed E-state index contributed by atoms with van der Waals surface area (Å²) in [5.74, 6) is 0.198. The number of ether oxygens (including phenoxy) is 1. The zero-order valence-electron chi connectivity index (χ0n) is 14.9. The van der Waals surface area contributed by atoms with Crippen LogP contribution < -0.4 is 10.5 Å². The van der Waals surface area contributed by atoms with Gasteiger partial charge >= 0.3 is 0 Å². The Kier molecular flexibility index (Phi) is 6.08. The Morgan fingerprint density at radius 3 is 2.38 bits per heavy atom. The summed E-state index contributed by atoms with van der Waals surface area (Å²) in [4.78, 5) is 28.5. The van der Waals surface area contributed by atoms with Gasteiger partial charge in [0.25, 0.3) is 5.91 Å². The van der Waals surface area contributed by atoms with Crippen LogP contribution in [0.25, 0.3) is 0 Å². The van der Waals surface area contributed by atoms with Crippen molar-refractivity contribution in [3.05, 3.63) is 30.1 Å². The quantitative estimate of drug-likeness (QED) is 0.877. The zero-order valence-corrected chi connectivity index (χ0v) is 14.9. The van der Waals surface area contributed by atoms with Crippen molar-refractivity contribution >= 4 is 11.8 Å². The maximum absolute atomic E-state index is 12.9. The van der Waals surface area contributed by atoms with E-state index in [9.17, 15) is 14.0 Å². The first-order valence-corrected chi connectivity index (χ1v) is 9.23. The fourth-order valence-corrected chi connectivity index (χ4v) is 3.65. The molecule has 3 rings (SSSR count). The van der Waals surface area contributed by atoms with Crippen LogP contribution in [0.1, 0.15) is 25.7 Å². The fraction of sp³-hybridized carbons (Fsp3) is 0.579. The molecular weight excluding hydrogens is 337 g/mol. The summed E-state index contributed by atoms with van der Waals surface area (Å²) in [5, 5.41) is 0. The molecule has 1 saturated heterocycles. The van der Waals surface area contributed by atoms with Crippen LogP contribution in [0.5, 0.6) is 5.75 Å². The number of rotatable bonds is 4. The van der Waals surface area contributed by atoms with E-state index in [1.54, 1.807) is 4.90 Å². The second-order valence-corrected chi connectivity index (χ2v) is 7.07. The van der Waals surface area contributed by atoms with Crippen molar-refractivity contribution < 1.29 is 18.7 Å². The molecule has 0 aromatic heterocycles. The van der Waals surface area contributed by atoms with Gasteiger partial charge in [0, 0.05) is 38.1 Å². The van der Waals surface area contributed by atoms with Crippen LogP contribution in [0, 0.1) is 11.7 Å². The van der Waals surface area contributed by atoms with Crippen LogP contribution in [0.4, 0.5) is 4.39 Å². The maximum atomic E-state index is 12.9. The van der Waals surface area contributed by atoms with E-state index in [2.05, 4.69) is 0 Å². The Hall–Kier alpha value is -2.15. The Labute approximate surface area is 153 Å². The molecule has 1 aromatic carbocycles. The smallest absolute Gasteiger partial charge is 0.260 e. The lowest BCUT2D eigenvalue weighted by molar-refractivity contribution is -0.143. The summed E-state index contributed by atoms with van der Waals surface area (Å²) in [6, 6.07) is 5.70. The van der Waals surface area contributed by atoms with Gasteiger partial charge in [0.15, 0.2) is 6.61 Å². The van der Waals surface area contributed by atoms with Gasteiger partial charge in [-0.2, -0.15) is 0 Å². The van der Waals surface area contributed by atoms with Crippen LogP contribution >= 0.6 is 0 Å². The fourth-order valence-electron chi connectivity index (χ4n) is 3.65. The highest BCUT2D eigenvalue weighted by molar-refractivity contribution is 5.80. The minimum absolute atomic E-state index is 0.0304. The van der Waals surface area contributed by atoms with Crippen LogP contribution in [0.3, 0.4) is 0 Å². The first-order chi connectivity index (χ1) is 12.5. The molecule has 1 saturated carbocycles. The van der Waals surface area contributed by atoms with E-state index >= 15 is 0 Å². The van der Waals surface area contributed by atoms with Gasteiger partial charge in [0.1, 0.15) is 11.6 Å². The summed E-state index contributed by atoms with van der Waals surface area (Å²) >= 11 is 0. The van der Waals surface area contributed by atoms with Crippen LogP contribution in [0.15, 0.2) is 24.3 Å². The second-order valence-electron chi connectivity index (χ2n) is 7.07. The third-order valence-electron chi connectivity index (χ3n) is 5.18. The van der Waals surface area contributed by atoms with Gasteiger partial charge in [0.2, 0.25) is 5.91 Å².